The van der Waals surface area contributed by atoms with Crippen LogP contribution in [0.1, 0.15) is 47.0 Å². The molecule has 2 rings (SSSR count). The van der Waals surface area contributed by atoms with Crippen molar-refractivity contribution < 1.29 is 0 Å². The zero-order valence-corrected chi connectivity index (χ0v) is 15.0. The van der Waals surface area contributed by atoms with Gasteiger partial charge in [-0.15, -0.1) is 0 Å². The Hall–Kier alpha value is -0.890. The fourth-order valence-corrected chi connectivity index (χ4v) is 4.35. The SMILES string of the molecule is CN(C)c1ccc(Cl)cc1NC1CC(C)(C)CC(C)(C)C1. The fraction of sp³-hybridized carbons (Fsp3) is 0.667. The van der Waals surface area contributed by atoms with Crippen LogP contribution in [0.15, 0.2) is 18.2 Å². The Bertz CT molecular complexity index is 490. The Labute approximate surface area is 134 Å². The van der Waals surface area contributed by atoms with E-state index >= 15 is 0 Å². The molecule has 0 atom stereocenters. The van der Waals surface area contributed by atoms with Crippen molar-refractivity contribution in [1.29, 1.82) is 0 Å². The lowest BCUT2D eigenvalue weighted by Crippen LogP contribution is -2.40. The van der Waals surface area contributed by atoms with E-state index < -0.39 is 0 Å². The fourth-order valence-electron chi connectivity index (χ4n) is 4.18. The first-order valence-electron chi connectivity index (χ1n) is 7.81. The lowest BCUT2D eigenvalue weighted by Gasteiger charge is -2.45. The highest BCUT2D eigenvalue weighted by atomic mass is 35.5. The molecule has 0 spiro atoms. The van der Waals surface area contributed by atoms with Gasteiger partial charge in [-0.25, -0.2) is 0 Å². The molecule has 0 saturated heterocycles. The number of hydrogen-bond donors (Lipinski definition) is 1. The molecule has 3 heteroatoms. The number of anilines is 2. The van der Waals surface area contributed by atoms with Crippen molar-refractivity contribution in [3.8, 4) is 0 Å². The van der Waals surface area contributed by atoms with Crippen molar-refractivity contribution in [2.45, 2.75) is 53.0 Å². The van der Waals surface area contributed by atoms with Gasteiger partial charge < -0.3 is 10.2 Å². The molecule has 0 unspecified atom stereocenters. The molecule has 0 aliphatic heterocycles. The normalized spacial score (nSPS) is 21.1. The summed E-state index contributed by atoms with van der Waals surface area (Å²) in [6, 6.07) is 6.59. The standard InChI is InChI=1S/C18H29ClN2/c1-17(2)10-14(11-18(3,4)12-17)20-15-9-13(19)7-8-16(15)21(5)6/h7-9,14,20H,10-12H2,1-6H3. The van der Waals surface area contributed by atoms with E-state index in [2.05, 4.69) is 58.1 Å². The Kier molecular flexibility index (Phi) is 4.49. The van der Waals surface area contributed by atoms with Gasteiger partial charge in [0, 0.05) is 25.2 Å². The summed E-state index contributed by atoms with van der Waals surface area (Å²) in [7, 11) is 4.15. The first kappa shape index (κ1) is 16.5. The Morgan fingerprint density at radius 2 is 1.67 bits per heavy atom. The van der Waals surface area contributed by atoms with Gasteiger partial charge in [0.05, 0.1) is 11.4 Å². The summed E-state index contributed by atoms with van der Waals surface area (Å²) in [4.78, 5) is 2.14. The van der Waals surface area contributed by atoms with Crippen molar-refractivity contribution in [2.75, 3.05) is 24.3 Å². The molecule has 0 amide bonds. The van der Waals surface area contributed by atoms with Crippen LogP contribution in [-0.4, -0.2) is 20.1 Å². The maximum atomic E-state index is 6.19. The predicted molar refractivity (Wildman–Crippen MR) is 94.6 cm³/mol. The van der Waals surface area contributed by atoms with Gasteiger partial charge in [-0.1, -0.05) is 39.3 Å². The van der Waals surface area contributed by atoms with Gasteiger partial charge in [0.2, 0.25) is 0 Å². The second-order valence-electron chi connectivity index (χ2n) is 8.31. The minimum atomic E-state index is 0.385. The Morgan fingerprint density at radius 3 is 2.19 bits per heavy atom. The van der Waals surface area contributed by atoms with E-state index in [4.69, 9.17) is 11.6 Å². The Balaban J connectivity index is 2.23. The van der Waals surface area contributed by atoms with Gasteiger partial charge in [-0.2, -0.15) is 0 Å². The molecular weight excluding hydrogens is 280 g/mol. The van der Waals surface area contributed by atoms with E-state index in [1.165, 1.54) is 24.9 Å². The van der Waals surface area contributed by atoms with E-state index in [0.717, 1.165) is 10.7 Å². The maximum absolute atomic E-state index is 6.19. The number of benzene rings is 1. The lowest BCUT2D eigenvalue weighted by molar-refractivity contribution is 0.105. The summed E-state index contributed by atoms with van der Waals surface area (Å²) < 4.78 is 0. The summed E-state index contributed by atoms with van der Waals surface area (Å²) in [5.41, 5.74) is 3.11. The van der Waals surface area contributed by atoms with Gasteiger partial charge in [-0.05, 0) is 48.3 Å². The van der Waals surface area contributed by atoms with Gasteiger partial charge in [0.25, 0.3) is 0 Å². The van der Waals surface area contributed by atoms with Crippen LogP contribution in [0, 0.1) is 10.8 Å². The molecule has 1 saturated carbocycles. The van der Waals surface area contributed by atoms with Crippen LogP contribution in [-0.2, 0) is 0 Å². The number of nitrogens with one attached hydrogen (secondary N) is 1. The average molecular weight is 309 g/mol. The van der Waals surface area contributed by atoms with Crippen molar-refractivity contribution in [3.05, 3.63) is 23.2 Å². The van der Waals surface area contributed by atoms with Gasteiger partial charge in [0.15, 0.2) is 0 Å². The van der Waals surface area contributed by atoms with Crippen molar-refractivity contribution in [3.63, 3.8) is 0 Å². The summed E-state index contributed by atoms with van der Waals surface area (Å²) in [5.74, 6) is 0. The van der Waals surface area contributed by atoms with Crippen LogP contribution < -0.4 is 10.2 Å². The van der Waals surface area contributed by atoms with Gasteiger partial charge in [0.1, 0.15) is 0 Å². The molecule has 0 radical (unpaired) electrons. The van der Waals surface area contributed by atoms with Crippen LogP contribution in [0.3, 0.4) is 0 Å². The van der Waals surface area contributed by atoms with Gasteiger partial charge in [-0.3, -0.25) is 0 Å². The van der Waals surface area contributed by atoms with E-state index in [1.54, 1.807) is 0 Å². The van der Waals surface area contributed by atoms with Crippen LogP contribution in [0.5, 0.6) is 0 Å². The highest BCUT2D eigenvalue weighted by Crippen LogP contribution is 2.46. The molecule has 0 heterocycles. The maximum Gasteiger partial charge on any atom is 0.0597 e. The third-order valence-corrected chi connectivity index (χ3v) is 4.59. The van der Waals surface area contributed by atoms with E-state index in [-0.39, 0.29) is 0 Å². The molecule has 1 aromatic rings. The van der Waals surface area contributed by atoms with E-state index in [0.29, 0.717) is 16.9 Å². The number of rotatable bonds is 3. The molecule has 0 bridgehead atoms. The number of hydrogen-bond acceptors (Lipinski definition) is 2. The average Bonchev–Trinajstić information content (AvgIpc) is 2.23. The number of nitrogens with zero attached hydrogens (tertiary/aromatic N) is 1. The minimum absolute atomic E-state index is 0.385. The monoisotopic (exact) mass is 308 g/mol. The molecular formula is C18H29ClN2. The quantitative estimate of drug-likeness (QED) is 0.801. The van der Waals surface area contributed by atoms with Crippen LogP contribution >= 0.6 is 11.6 Å². The highest BCUT2D eigenvalue weighted by molar-refractivity contribution is 6.31. The lowest BCUT2D eigenvalue weighted by atomic mass is 9.63. The summed E-state index contributed by atoms with van der Waals surface area (Å²) >= 11 is 6.19. The van der Waals surface area contributed by atoms with E-state index in [9.17, 15) is 0 Å². The molecule has 1 aromatic carbocycles. The van der Waals surface area contributed by atoms with Gasteiger partial charge >= 0.3 is 0 Å². The third-order valence-electron chi connectivity index (χ3n) is 4.36. The zero-order valence-electron chi connectivity index (χ0n) is 14.3. The number of halogens is 1. The highest BCUT2D eigenvalue weighted by Gasteiger charge is 2.38. The topological polar surface area (TPSA) is 15.3 Å². The molecule has 1 aliphatic rings. The van der Waals surface area contributed by atoms with E-state index in [1.807, 2.05) is 12.1 Å². The molecule has 21 heavy (non-hydrogen) atoms. The second kappa shape index (κ2) is 5.72. The Morgan fingerprint density at radius 1 is 1.10 bits per heavy atom. The van der Waals surface area contributed by atoms with Crippen LogP contribution in [0.25, 0.3) is 0 Å². The first-order valence-corrected chi connectivity index (χ1v) is 8.19. The second-order valence-corrected chi connectivity index (χ2v) is 8.75. The largest absolute Gasteiger partial charge is 0.381 e. The zero-order chi connectivity index (χ0) is 15.8. The molecule has 1 N–H and O–H groups in total. The summed E-state index contributed by atoms with van der Waals surface area (Å²) in [6.45, 7) is 9.53. The van der Waals surface area contributed by atoms with Crippen LogP contribution in [0.2, 0.25) is 5.02 Å². The molecule has 0 aromatic heterocycles. The minimum Gasteiger partial charge on any atom is -0.381 e. The summed E-state index contributed by atoms with van der Waals surface area (Å²) in [5, 5.41) is 4.55. The predicted octanol–water partition coefficient (Wildman–Crippen LogP) is 5.42. The van der Waals surface area contributed by atoms with Crippen LogP contribution in [0.4, 0.5) is 11.4 Å². The molecule has 2 nitrogen and oxygen atoms in total. The molecule has 1 aliphatic carbocycles. The van der Waals surface area contributed by atoms with Crippen molar-refractivity contribution >= 4 is 23.0 Å². The van der Waals surface area contributed by atoms with Crippen molar-refractivity contribution in [2.24, 2.45) is 10.8 Å². The first-order chi connectivity index (χ1) is 9.58. The third kappa shape index (κ3) is 4.29. The van der Waals surface area contributed by atoms with Crippen molar-refractivity contribution in [1.82, 2.24) is 0 Å². The smallest absolute Gasteiger partial charge is 0.0597 e. The molecule has 118 valence electrons. The molecule has 1 fully saturated rings. The summed E-state index contributed by atoms with van der Waals surface area (Å²) in [6.07, 6.45) is 3.69.